The third-order valence-corrected chi connectivity index (χ3v) is 3.87. The van der Waals surface area contributed by atoms with Gasteiger partial charge in [0.1, 0.15) is 18.5 Å². The van der Waals surface area contributed by atoms with Crippen LogP contribution in [-0.4, -0.2) is 67.4 Å². The molecule has 0 radical (unpaired) electrons. The molecule has 1 aliphatic heterocycles. The number of nitrogens with zero attached hydrogens (tertiary/aromatic N) is 2. The minimum atomic E-state index is -0.464. The Morgan fingerprint density at radius 1 is 1.30 bits per heavy atom. The summed E-state index contributed by atoms with van der Waals surface area (Å²) in [5.74, 6) is 0.784. The third kappa shape index (κ3) is 4.63. The molecule has 2 rings (SSSR count). The predicted molar refractivity (Wildman–Crippen MR) is 81.6 cm³/mol. The number of aryl methyl sites for hydroxylation is 1. The molecule has 1 aromatic carbocycles. The van der Waals surface area contributed by atoms with Crippen molar-refractivity contribution in [2.24, 2.45) is 0 Å². The van der Waals surface area contributed by atoms with E-state index in [0.717, 1.165) is 37.5 Å². The van der Waals surface area contributed by atoms with Crippen LogP contribution in [0, 0.1) is 6.92 Å². The molecule has 0 aromatic heterocycles. The van der Waals surface area contributed by atoms with E-state index in [4.69, 9.17) is 16.3 Å². The maximum Gasteiger partial charge on any atom is 0.122 e. The molecular formula is C15H23ClN2O2. The molecule has 1 heterocycles. The number of hydrogen-bond donors (Lipinski definition) is 1. The summed E-state index contributed by atoms with van der Waals surface area (Å²) in [6, 6.07) is 5.51. The Morgan fingerprint density at radius 2 is 2.00 bits per heavy atom. The monoisotopic (exact) mass is 298 g/mol. The van der Waals surface area contributed by atoms with E-state index in [1.165, 1.54) is 0 Å². The summed E-state index contributed by atoms with van der Waals surface area (Å²) in [4.78, 5) is 4.58. The van der Waals surface area contributed by atoms with E-state index in [9.17, 15) is 5.11 Å². The molecule has 5 heteroatoms. The van der Waals surface area contributed by atoms with Crippen molar-refractivity contribution in [1.82, 2.24) is 9.80 Å². The van der Waals surface area contributed by atoms with Crippen LogP contribution in [0.4, 0.5) is 0 Å². The van der Waals surface area contributed by atoms with Crippen molar-refractivity contribution in [3.05, 3.63) is 28.8 Å². The number of halogens is 1. The lowest BCUT2D eigenvalue weighted by atomic mass is 10.2. The van der Waals surface area contributed by atoms with Crippen molar-refractivity contribution in [3.63, 3.8) is 0 Å². The molecule has 1 saturated heterocycles. The normalized spacial score (nSPS) is 19.0. The van der Waals surface area contributed by atoms with Crippen LogP contribution in [0.25, 0.3) is 0 Å². The highest BCUT2D eigenvalue weighted by Crippen LogP contribution is 2.21. The third-order valence-electron chi connectivity index (χ3n) is 3.63. The summed E-state index contributed by atoms with van der Waals surface area (Å²) >= 11 is 5.90. The predicted octanol–water partition coefficient (Wildman–Crippen LogP) is 1.64. The lowest BCUT2D eigenvalue weighted by Crippen LogP contribution is -2.47. The highest BCUT2D eigenvalue weighted by Gasteiger charge is 2.17. The zero-order valence-electron chi connectivity index (χ0n) is 12.2. The second-order valence-corrected chi connectivity index (χ2v) is 5.91. The zero-order valence-corrected chi connectivity index (χ0v) is 12.9. The van der Waals surface area contributed by atoms with Crippen LogP contribution >= 0.6 is 11.6 Å². The first-order valence-corrected chi connectivity index (χ1v) is 7.40. The van der Waals surface area contributed by atoms with E-state index in [1.54, 1.807) is 6.07 Å². The standard InChI is InChI=1S/C15H23ClN2O2/c1-12-9-13(16)3-4-15(12)20-11-14(19)10-18-7-5-17(2)6-8-18/h3-4,9,14,19H,5-8,10-11H2,1-2H3/t14-/m1/s1. The fourth-order valence-corrected chi connectivity index (χ4v) is 2.57. The van der Waals surface area contributed by atoms with Gasteiger partial charge in [-0.3, -0.25) is 4.90 Å². The molecule has 0 spiro atoms. The van der Waals surface area contributed by atoms with Crippen molar-refractivity contribution < 1.29 is 9.84 Å². The molecule has 1 atom stereocenters. The molecule has 0 aliphatic carbocycles. The van der Waals surface area contributed by atoms with Gasteiger partial charge in [-0.05, 0) is 37.7 Å². The van der Waals surface area contributed by atoms with Crippen LogP contribution in [0.2, 0.25) is 5.02 Å². The molecule has 4 nitrogen and oxygen atoms in total. The van der Waals surface area contributed by atoms with Gasteiger partial charge in [-0.15, -0.1) is 0 Å². The summed E-state index contributed by atoms with van der Waals surface area (Å²) in [7, 11) is 2.13. The van der Waals surface area contributed by atoms with E-state index in [1.807, 2.05) is 19.1 Å². The van der Waals surface area contributed by atoms with Crippen LogP contribution in [0.1, 0.15) is 5.56 Å². The number of likely N-dealkylation sites (N-methyl/N-ethyl adjacent to an activating group) is 1. The highest BCUT2D eigenvalue weighted by molar-refractivity contribution is 6.30. The van der Waals surface area contributed by atoms with Crippen LogP contribution in [0.5, 0.6) is 5.75 Å². The summed E-state index contributed by atoms with van der Waals surface area (Å²) in [6.07, 6.45) is -0.464. The first kappa shape index (κ1) is 15.6. The van der Waals surface area contributed by atoms with Crippen LogP contribution in [0.3, 0.4) is 0 Å². The fraction of sp³-hybridized carbons (Fsp3) is 0.600. The van der Waals surface area contributed by atoms with Crippen LogP contribution < -0.4 is 4.74 Å². The molecule has 0 saturated carbocycles. The van der Waals surface area contributed by atoms with Gasteiger partial charge in [0.05, 0.1) is 0 Å². The van der Waals surface area contributed by atoms with E-state index in [-0.39, 0.29) is 0 Å². The lowest BCUT2D eigenvalue weighted by molar-refractivity contribution is 0.0503. The van der Waals surface area contributed by atoms with E-state index in [0.29, 0.717) is 18.2 Å². The van der Waals surface area contributed by atoms with Gasteiger partial charge in [-0.25, -0.2) is 0 Å². The van der Waals surface area contributed by atoms with E-state index in [2.05, 4.69) is 16.8 Å². The van der Waals surface area contributed by atoms with E-state index < -0.39 is 6.10 Å². The largest absolute Gasteiger partial charge is 0.491 e. The zero-order chi connectivity index (χ0) is 14.5. The molecule has 0 amide bonds. The molecular weight excluding hydrogens is 276 g/mol. The number of aliphatic hydroxyl groups excluding tert-OH is 1. The average Bonchev–Trinajstić information content (AvgIpc) is 2.40. The van der Waals surface area contributed by atoms with Gasteiger partial charge < -0.3 is 14.7 Å². The first-order chi connectivity index (χ1) is 9.54. The lowest BCUT2D eigenvalue weighted by Gasteiger charge is -2.33. The number of β-amino-alcohol motifs (C(OH)–C–C–N with tert-alkyl or cyclic N) is 1. The second-order valence-electron chi connectivity index (χ2n) is 5.48. The van der Waals surface area contributed by atoms with Crippen molar-refractivity contribution in [3.8, 4) is 5.75 Å². The molecule has 1 aromatic rings. The van der Waals surface area contributed by atoms with Gasteiger partial charge >= 0.3 is 0 Å². The topological polar surface area (TPSA) is 35.9 Å². The molecule has 0 unspecified atom stereocenters. The smallest absolute Gasteiger partial charge is 0.122 e. The summed E-state index contributed by atoms with van der Waals surface area (Å²) in [5, 5.41) is 10.8. The summed E-state index contributed by atoms with van der Waals surface area (Å²) in [6.45, 7) is 7.07. The number of benzene rings is 1. The minimum absolute atomic E-state index is 0.314. The van der Waals surface area contributed by atoms with Gasteiger partial charge in [0.15, 0.2) is 0 Å². The number of rotatable bonds is 5. The van der Waals surface area contributed by atoms with Gasteiger partial charge in [0.2, 0.25) is 0 Å². The van der Waals surface area contributed by atoms with Crippen LogP contribution in [0.15, 0.2) is 18.2 Å². The molecule has 112 valence electrons. The molecule has 1 fully saturated rings. The summed E-state index contributed by atoms with van der Waals surface area (Å²) < 4.78 is 5.67. The molecule has 0 bridgehead atoms. The Labute approximate surface area is 125 Å². The Kier molecular flexibility index (Phi) is 5.66. The second kappa shape index (κ2) is 7.27. The Morgan fingerprint density at radius 3 is 2.65 bits per heavy atom. The van der Waals surface area contributed by atoms with Crippen LogP contribution in [-0.2, 0) is 0 Å². The first-order valence-electron chi connectivity index (χ1n) is 7.02. The SMILES string of the molecule is Cc1cc(Cl)ccc1OC[C@H](O)CN1CCN(C)CC1. The van der Waals surface area contributed by atoms with Crippen molar-refractivity contribution in [1.29, 1.82) is 0 Å². The van der Waals surface area contributed by atoms with Crippen molar-refractivity contribution in [2.45, 2.75) is 13.0 Å². The number of ether oxygens (including phenoxy) is 1. The molecule has 1 aliphatic rings. The van der Waals surface area contributed by atoms with Gasteiger partial charge in [0, 0.05) is 37.7 Å². The maximum atomic E-state index is 10.1. The molecule has 20 heavy (non-hydrogen) atoms. The van der Waals surface area contributed by atoms with E-state index >= 15 is 0 Å². The quantitative estimate of drug-likeness (QED) is 0.896. The Bertz CT molecular complexity index is 434. The Balaban J connectivity index is 1.76. The minimum Gasteiger partial charge on any atom is -0.491 e. The highest BCUT2D eigenvalue weighted by atomic mass is 35.5. The van der Waals surface area contributed by atoms with Gasteiger partial charge in [-0.1, -0.05) is 11.6 Å². The molecule has 1 N–H and O–H groups in total. The fourth-order valence-electron chi connectivity index (χ4n) is 2.34. The van der Waals surface area contributed by atoms with Gasteiger partial charge in [0.25, 0.3) is 0 Å². The van der Waals surface area contributed by atoms with Gasteiger partial charge in [-0.2, -0.15) is 0 Å². The number of piperazine rings is 1. The number of aliphatic hydroxyl groups is 1. The average molecular weight is 299 g/mol. The maximum absolute atomic E-state index is 10.1. The summed E-state index contributed by atoms with van der Waals surface area (Å²) in [5.41, 5.74) is 0.990. The Hall–Kier alpha value is -0.810. The number of hydrogen-bond acceptors (Lipinski definition) is 4. The van der Waals surface area contributed by atoms with Crippen molar-refractivity contribution >= 4 is 11.6 Å². The van der Waals surface area contributed by atoms with Crippen molar-refractivity contribution in [2.75, 3.05) is 46.4 Å².